The van der Waals surface area contributed by atoms with E-state index in [1.807, 2.05) is 19.2 Å². The molecule has 0 spiro atoms. The van der Waals surface area contributed by atoms with Crippen LogP contribution in [0.5, 0.6) is 0 Å². The van der Waals surface area contributed by atoms with E-state index in [0.717, 1.165) is 36.1 Å². The van der Waals surface area contributed by atoms with E-state index in [4.69, 9.17) is 10.5 Å². The van der Waals surface area contributed by atoms with Gasteiger partial charge < -0.3 is 15.5 Å². The van der Waals surface area contributed by atoms with Crippen LogP contribution in [0.25, 0.3) is 11.3 Å². The quantitative estimate of drug-likeness (QED) is 0.816. The lowest BCUT2D eigenvalue weighted by Gasteiger charge is -2.12. The van der Waals surface area contributed by atoms with Crippen LogP contribution in [0.2, 0.25) is 0 Å². The Labute approximate surface area is 123 Å². The van der Waals surface area contributed by atoms with Crippen molar-refractivity contribution in [1.82, 2.24) is 14.8 Å². The molecule has 1 aliphatic carbocycles. The van der Waals surface area contributed by atoms with Crippen LogP contribution in [0.1, 0.15) is 35.1 Å². The van der Waals surface area contributed by atoms with E-state index in [1.54, 1.807) is 4.68 Å². The zero-order valence-electron chi connectivity index (χ0n) is 12.2. The van der Waals surface area contributed by atoms with Crippen molar-refractivity contribution in [2.24, 2.45) is 5.73 Å². The van der Waals surface area contributed by atoms with Gasteiger partial charge in [-0.05, 0) is 38.8 Å². The van der Waals surface area contributed by atoms with Crippen LogP contribution in [-0.2, 0) is 24.1 Å². The van der Waals surface area contributed by atoms with Crippen molar-refractivity contribution >= 4 is 5.97 Å². The maximum Gasteiger partial charge on any atom is 0.356 e. The van der Waals surface area contributed by atoms with E-state index < -0.39 is 0 Å². The summed E-state index contributed by atoms with van der Waals surface area (Å²) in [7, 11) is 0. The monoisotopic (exact) mass is 288 g/mol. The molecule has 0 aliphatic heterocycles. The number of nitrogens with zero attached hydrogens (tertiary/aromatic N) is 2. The molecule has 0 saturated carbocycles. The Morgan fingerprint density at radius 2 is 2.38 bits per heavy atom. The highest BCUT2D eigenvalue weighted by molar-refractivity contribution is 5.92. The molecule has 1 aliphatic rings. The van der Waals surface area contributed by atoms with Gasteiger partial charge in [0.25, 0.3) is 0 Å². The SMILES string of the molecule is CCOC(=O)c1c2c(nn1CCCN)-c1cc[nH]c1CC2. The number of fused-ring (bicyclic) bond motifs is 3. The maximum absolute atomic E-state index is 12.3. The third-order valence-electron chi connectivity index (χ3n) is 3.81. The summed E-state index contributed by atoms with van der Waals surface area (Å²) in [5.74, 6) is -0.290. The summed E-state index contributed by atoms with van der Waals surface area (Å²) >= 11 is 0. The van der Waals surface area contributed by atoms with Gasteiger partial charge in [0.05, 0.1) is 12.3 Å². The normalized spacial score (nSPS) is 12.9. The fourth-order valence-corrected chi connectivity index (χ4v) is 2.87. The predicted octanol–water partition coefficient (Wildman–Crippen LogP) is 1.50. The molecule has 21 heavy (non-hydrogen) atoms. The molecule has 2 heterocycles. The number of hydrogen-bond donors (Lipinski definition) is 2. The summed E-state index contributed by atoms with van der Waals surface area (Å²) in [6.45, 7) is 3.39. The highest BCUT2D eigenvalue weighted by atomic mass is 16.5. The highest BCUT2D eigenvalue weighted by Crippen LogP contribution is 2.34. The number of hydrogen-bond acceptors (Lipinski definition) is 4. The number of nitrogens with one attached hydrogen (secondary N) is 1. The topological polar surface area (TPSA) is 85.9 Å². The van der Waals surface area contributed by atoms with Gasteiger partial charge >= 0.3 is 5.97 Å². The second-order valence-electron chi connectivity index (χ2n) is 5.13. The third-order valence-corrected chi connectivity index (χ3v) is 3.81. The lowest BCUT2D eigenvalue weighted by molar-refractivity contribution is 0.0510. The Kier molecular flexibility index (Phi) is 3.79. The first-order valence-electron chi connectivity index (χ1n) is 7.39. The van der Waals surface area contributed by atoms with Gasteiger partial charge in [-0.2, -0.15) is 5.10 Å². The number of ether oxygens (including phenoxy) is 1. The number of carbonyl (C=O) groups excluding carboxylic acids is 1. The summed E-state index contributed by atoms with van der Waals surface area (Å²) in [4.78, 5) is 15.5. The molecule has 6 heteroatoms. The Morgan fingerprint density at radius 3 is 3.14 bits per heavy atom. The van der Waals surface area contributed by atoms with Gasteiger partial charge in [-0.1, -0.05) is 0 Å². The van der Waals surface area contributed by atoms with Crippen molar-refractivity contribution in [3.8, 4) is 11.3 Å². The van der Waals surface area contributed by atoms with Crippen molar-refractivity contribution < 1.29 is 9.53 Å². The van der Waals surface area contributed by atoms with Gasteiger partial charge in [0.15, 0.2) is 0 Å². The van der Waals surface area contributed by atoms with E-state index in [-0.39, 0.29) is 5.97 Å². The van der Waals surface area contributed by atoms with Crippen molar-refractivity contribution in [1.29, 1.82) is 0 Å². The average Bonchev–Trinajstić information content (AvgIpc) is 3.08. The van der Waals surface area contributed by atoms with Gasteiger partial charge in [-0.25, -0.2) is 4.79 Å². The summed E-state index contributed by atoms with van der Waals surface area (Å²) < 4.78 is 6.97. The minimum absolute atomic E-state index is 0.290. The van der Waals surface area contributed by atoms with E-state index in [9.17, 15) is 4.79 Å². The van der Waals surface area contributed by atoms with E-state index in [1.165, 1.54) is 5.69 Å². The smallest absolute Gasteiger partial charge is 0.356 e. The molecule has 0 bridgehead atoms. The van der Waals surface area contributed by atoms with Gasteiger partial charge in [0.1, 0.15) is 5.69 Å². The van der Waals surface area contributed by atoms with Crippen LogP contribution in [0.3, 0.4) is 0 Å². The van der Waals surface area contributed by atoms with Gasteiger partial charge in [0, 0.05) is 29.6 Å². The van der Waals surface area contributed by atoms with Gasteiger partial charge in [-0.15, -0.1) is 0 Å². The number of aromatic amines is 1. The molecule has 0 amide bonds. The standard InChI is InChI=1S/C15H20N4O2/c1-2-21-15(20)14-11-4-5-12-10(6-8-17-12)13(11)18-19(14)9-3-7-16/h6,8,17H,2-5,7,9,16H2,1H3. The number of aryl methyl sites for hydroxylation is 2. The molecule has 112 valence electrons. The van der Waals surface area contributed by atoms with Crippen LogP contribution in [0.4, 0.5) is 0 Å². The number of nitrogens with two attached hydrogens (primary N) is 1. The molecular weight excluding hydrogens is 268 g/mol. The van der Waals surface area contributed by atoms with Crippen LogP contribution >= 0.6 is 0 Å². The molecule has 0 fully saturated rings. The summed E-state index contributed by atoms with van der Waals surface area (Å²) in [5.41, 5.74) is 10.3. The van der Waals surface area contributed by atoms with Crippen LogP contribution in [0, 0.1) is 0 Å². The molecule has 0 aromatic carbocycles. The number of carbonyl (C=O) groups is 1. The first kappa shape index (κ1) is 13.9. The molecule has 3 rings (SSSR count). The number of rotatable bonds is 5. The van der Waals surface area contributed by atoms with E-state index >= 15 is 0 Å². The number of esters is 1. The molecule has 2 aromatic heterocycles. The Balaban J connectivity index is 2.07. The second-order valence-corrected chi connectivity index (χ2v) is 5.13. The minimum atomic E-state index is -0.290. The number of aromatic nitrogens is 3. The molecule has 6 nitrogen and oxygen atoms in total. The number of H-pyrrole nitrogens is 1. The lowest BCUT2D eigenvalue weighted by atomic mass is 9.94. The summed E-state index contributed by atoms with van der Waals surface area (Å²) in [5, 5.41) is 4.65. The molecule has 0 unspecified atom stereocenters. The van der Waals surface area contributed by atoms with Crippen molar-refractivity contribution in [3.05, 3.63) is 29.2 Å². The Bertz CT molecular complexity index is 657. The largest absolute Gasteiger partial charge is 0.461 e. The Hall–Kier alpha value is -2.08. The molecule has 3 N–H and O–H groups in total. The maximum atomic E-state index is 12.3. The fraction of sp³-hybridized carbons (Fsp3) is 0.467. The summed E-state index contributed by atoms with van der Waals surface area (Å²) in [6, 6.07) is 2.02. The third kappa shape index (κ3) is 2.35. The molecule has 0 saturated heterocycles. The molecule has 0 radical (unpaired) electrons. The summed E-state index contributed by atoms with van der Waals surface area (Å²) in [6.07, 6.45) is 4.40. The minimum Gasteiger partial charge on any atom is -0.461 e. The highest BCUT2D eigenvalue weighted by Gasteiger charge is 2.29. The first-order chi connectivity index (χ1) is 10.3. The Morgan fingerprint density at radius 1 is 1.52 bits per heavy atom. The van der Waals surface area contributed by atoms with Crippen LogP contribution < -0.4 is 5.73 Å². The molecular formula is C15H20N4O2. The molecule has 0 atom stereocenters. The van der Waals surface area contributed by atoms with E-state index in [2.05, 4.69) is 10.1 Å². The second kappa shape index (κ2) is 5.73. The zero-order valence-corrected chi connectivity index (χ0v) is 12.2. The molecule has 2 aromatic rings. The fourth-order valence-electron chi connectivity index (χ4n) is 2.87. The first-order valence-corrected chi connectivity index (χ1v) is 7.39. The van der Waals surface area contributed by atoms with Crippen molar-refractivity contribution in [2.75, 3.05) is 13.2 Å². The van der Waals surface area contributed by atoms with Gasteiger partial charge in [0.2, 0.25) is 0 Å². The zero-order chi connectivity index (χ0) is 14.8. The predicted molar refractivity (Wildman–Crippen MR) is 79.0 cm³/mol. The lowest BCUT2D eigenvalue weighted by Crippen LogP contribution is -2.17. The average molecular weight is 288 g/mol. The van der Waals surface area contributed by atoms with Crippen LogP contribution in [0.15, 0.2) is 12.3 Å². The van der Waals surface area contributed by atoms with Gasteiger partial charge in [-0.3, -0.25) is 4.68 Å². The van der Waals surface area contributed by atoms with E-state index in [0.29, 0.717) is 25.4 Å². The van der Waals surface area contributed by atoms with Crippen molar-refractivity contribution in [2.45, 2.75) is 32.7 Å². The van der Waals surface area contributed by atoms with Crippen molar-refractivity contribution in [3.63, 3.8) is 0 Å². The van der Waals surface area contributed by atoms with Crippen LogP contribution in [-0.4, -0.2) is 33.9 Å².